The zero-order valence-electron chi connectivity index (χ0n) is 11.5. The molecule has 20 heavy (non-hydrogen) atoms. The third-order valence-corrected chi connectivity index (χ3v) is 2.96. The normalized spacial score (nSPS) is 15.1. The summed E-state index contributed by atoms with van der Waals surface area (Å²) in [5.74, 6) is 0.712. The summed E-state index contributed by atoms with van der Waals surface area (Å²) < 4.78 is 5.28. The van der Waals surface area contributed by atoms with Gasteiger partial charge in [-0.3, -0.25) is 4.79 Å². The SMILES string of the molecule is CN(C)C(=O)CNc1nc(Cl)nc(N2CCOCC2)n1. The van der Waals surface area contributed by atoms with Gasteiger partial charge in [-0.2, -0.15) is 15.0 Å². The summed E-state index contributed by atoms with van der Waals surface area (Å²) >= 11 is 5.89. The van der Waals surface area contributed by atoms with Crippen LogP contribution >= 0.6 is 11.6 Å². The van der Waals surface area contributed by atoms with Gasteiger partial charge in [0, 0.05) is 27.2 Å². The van der Waals surface area contributed by atoms with Gasteiger partial charge in [0.15, 0.2) is 0 Å². The molecule has 0 unspecified atom stereocenters. The molecule has 1 aromatic rings. The van der Waals surface area contributed by atoms with Gasteiger partial charge in [0.05, 0.1) is 19.8 Å². The number of hydrogen-bond acceptors (Lipinski definition) is 7. The van der Waals surface area contributed by atoms with Crippen LogP contribution in [-0.2, 0) is 9.53 Å². The van der Waals surface area contributed by atoms with Gasteiger partial charge in [0.25, 0.3) is 0 Å². The molecule has 0 spiro atoms. The Hall–Kier alpha value is -1.67. The van der Waals surface area contributed by atoms with Gasteiger partial charge in [-0.1, -0.05) is 0 Å². The van der Waals surface area contributed by atoms with Crippen LogP contribution in [0.5, 0.6) is 0 Å². The number of rotatable bonds is 4. The molecule has 8 nitrogen and oxygen atoms in total. The Morgan fingerprint density at radius 1 is 1.35 bits per heavy atom. The maximum Gasteiger partial charge on any atom is 0.241 e. The van der Waals surface area contributed by atoms with Crippen LogP contribution in [0.1, 0.15) is 0 Å². The predicted molar refractivity (Wildman–Crippen MR) is 75.1 cm³/mol. The molecule has 0 aromatic carbocycles. The standard InChI is InChI=1S/C11H17ClN6O2/c1-17(2)8(19)7-13-10-14-9(12)15-11(16-10)18-3-5-20-6-4-18/h3-7H2,1-2H3,(H,13,14,15,16). The van der Waals surface area contributed by atoms with E-state index in [1.165, 1.54) is 4.90 Å². The van der Waals surface area contributed by atoms with Crippen molar-refractivity contribution >= 4 is 29.4 Å². The van der Waals surface area contributed by atoms with Crippen molar-refractivity contribution in [3.63, 3.8) is 0 Å². The van der Waals surface area contributed by atoms with Crippen LogP contribution in [0, 0.1) is 0 Å². The molecule has 0 aliphatic carbocycles. The third-order valence-electron chi connectivity index (χ3n) is 2.79. The second kappa shape index (κ2) is 6.67. The molecule has 2 rings (SSSR count). The predicted octanol–water partition coefficient (Wildman–Crippen LogP) is -0.138. The fraction of sp³-hybridized carbons (Fsp3) is 0.636. The number of likely N-dealkylation sites (N-methyl/N-ethyl adjacent to an activating group) is 1. The molecule has 1 aliphatic heterocycles. The van der Waals surface area contributed by atoms with Gasteiger partial charge in [-0.15, -0.1) is 0 Å². The zero-order chi connectivity index (χ0) is 14.5. The van der Waals surface area contributed by atoms with Crippen molar-refractivity contribution < 1.29 is 9.53 Å². The summed E-state index contributed by atoms with van der Waals surface area (Å²) in [5.41, 5.74) is 0. The summed E-state index contributed by atoms with van der Waals surface area (Å²) in [4.78, 5) is 27.3. The van der Waals surface area contributed by atoms with Gasteiger partial charge < -0.3 is 19.9 Å². The van der Waals surface area contributed by atoms with E-state index in [1.54, 1.807) is 14.1 Å². The molecule has 1 aromatic heterocycles. The molecular formula is C11H17ClN6O2. The number of amides is 1. The highest BCUT2D eigenvalue weighted by Crippen LogP contribution is 2.14. The van der Waals surface area contributed by atoms with E-state index in [2.05, 4.69) is 20.3 Å². The van der Waals surface area contributed by atoms with Crippen LogP contribution in [0.15, 0.2) is 0 Å². The number of nitrogens with one attached hydrogen (secondary N) is 1. The fourth-order valence-corrected chi connectivity index (χ4v) is 1.79. The summed E-state index contributed by atoms with van der Waals surface area (Å²) in [5, 5.41) is 2.95. The molecule has 0 saturated carbocycles. The number of carbonyl (C=O) groups excluding carboxylic acids is 1. The van der Waals surface area contributed by atoms with E-state index in [4.69, 9.17) is 16.3 Å². The highest BCUT2D eigenvalue weighted by molar-refractivity contribution is 6.28. The fourth-order valence-electron chi connectivity index (χ4n) is 1.64. The van der Waals surface area contributed by atoms with Crippen molar-refractivity contribution in [3.05, 3.63) is 5.28 Å². The molecule has 0 bridgehead atoms. The number of halogens is 1. The van der Waals surface area contributed by atoms with Crippen molar-refractivity contribution in [1.29, 1.82) is 0 Å². The van der Waals surface area contributed by atoms with E-state index in [9.17, 15) is 4.79 Å². The lowest BCUT2D eigenvalue weighted by molar-refractivity contribution is -0.126. The first-order valence-electron chi connectivity index (χ1n) is 6.24. The first-order valence-corrected chi connectivity index (χ1v) is 6.62. The molecule has 1 N–H and O–H groups in total. The Labute approximate surface area is 122 Å². The first-order chi connectivity index (χ1) is 9.56. The van der Waals surface area contributed by atoms with E-state index in [-0.39, 0.29) is 17.7 Å². The Morgan fingerprint density at radius 3 is 2.70 bits per heavy atom. The lowest BCUT2D eigenvalue weighted by Gasteiger charge is -2.26. The molecule has 1 aliphatic rings. The van der Waals surface area contributed by atoms with Gasteiger partial charge in [-0.05, 0) is 11.6 Å². The van der Waals surface area contributed by atoms with Crippen molar-refractivity contribution in [3.8, 4) is 0 Å². The molecule has 1 fully saturated rings. The van der Waals surface area contributed by atoms with Gasteiger partial charge in [0.2, 0.25) is 23.1 Å². The summed E-state index contributed by atoms with van der Waals surface area (Å²) in [7, 11) is 3.37. The van der Waals surface area contributed by atoms with Gasteiger partial charge in [0.1, 0.15) is 0 Å². The maximum atomic E-state index is 11.5. The number of anilines is 2. The average Bonchev–Trinajstić information content (AvgIpc) is 2.45. The van der Waals surface area contributed by atoms with Crippen LogP contribution in [0.2, 0.25) is 5.28 Å². The first kappa shape index (κ1) is 14.7. The molecule has 0 radical (unpaired) electrons. The maximum absolute atomic E-state index is 11.5. The highest BCUT2D eigenvalue weighted by atomic mass is 35.5. The number of nitrogens with zero attached hydrogens (tertiary/aromatic N) is 5. The number of aromatic nitrogens is 3. The molecule has 9 heteroatoms. The third kappa shape index (κ3) is 3.91. The van der Waals surface area contributed by atoms with E-state index in [0.29, 0.717) is 38.2 Å². The lowest BCUT2D eigenvalue weighted by atomic mass is 10.4. The number of morpholine rings is 1. The summed E-state index contributed by atoms with van der Waals surface area (Å²) in [6, 6.07) is 0. The molecule has 2 heterocycles. The van der Waals surface area contributed by atoms with Crippen molar-refractivity contribution in [2.45, 2.75) is 0 Å². The van der Waals surface area contributed by atoms with Crippen LogP contribution in [0.25, 0.3) is 0 Å². The molecule has 1 amide bonds. The summed E-state index contributed by atoms with van der Waals surface area (Å²) in [6.45, 7) is 2.78. The van der Waals surface area contributed by atoms with Gasteiger partial charge >= 0.3 is 0 Å². The second-order valence-corrected chi connectivity index (χ2v) is 4.81. The summed E-state index contributed by atoms with van der Waals surface area (Å²) in [6.07, 6.45) is 0. The largest absolute Gasteiger partial charge is 0.378 e. The molecular weight excluding hydrogens is 284 g/mol. The van der Waals surface area contributed by atoms with Crippen LogP contribution in [-0.4, -0.2) is 72.7 Å². The number of carbonyl (C=O) groups is 1. The molecule has 1 saturated heterocycles. The quantitative estimate of drug-likeness (QED) is 0.828. The minimum Gasteiger partial charge on any atom is -0.378 e. The minimum absolute atomic E-state index is 0.0746. The van der Waals surface area contributed by atoms with E-state index < -0.39 is 0 Å². The second-order valence-electron chi connectivity index (χ2n) is 4.47. The Bertz CT molecular complexity index is 478. The number of hydrogen-bond donors (Lipinski definition) is 1. The zero-order valence-corrected chi connectivity index (χ0v) is 12.2. The lowest BCUT2D eigenvalue weighted by Crippen LogP contribution is -2.37. The molecule has 0 atom stereocenters. The minimum atomic E-state index is -0.0746. The van der Waals surface area contributed by atoms with E-state index in [0.717, 1.165) is 0 Å². The van der Waals surface area contributed by atoms with Gasteiger partial charge in [-0.25, -0.2) is 0 Å². The van der Waals surface area contributed by atoms with Crippen LogP contribution in [0.3, 0.4) is 0 Å². The van der Waals surface area contributed by atoms with Crippen molar-refractivity contribution in [2.75, 3.05) is 57.2 Å². The Balaban J connectivity index is 2.06. The molecule has 110 valence electrons. The van der Waals surface area contributed by atoms with Crippen molar-refractivity contribution in [2.24, 2.45) is 0 Å². The van der Waals surface area contributed by atoms with Crippen molar-refractivity contribution in [1.82, 2.24) is 19.9 Å². The van der Waals surface area contributed by atoms with E-state index in [1.807, 2.05) is 4.90 Å². The Morgan fingerprint density at radius 2 is 2.05 bits per heavy atom. The average molecular weight is 301 g/mol. The number of ether oxygens (including phenoxy) is 1. The highest BCUT2D eigenvalue weighted by Gasteiger charge is 2.16. The van der Waals surface area contributed by atoms with E-state index >= 15 is 0 Å². The van der Waals surface area contributed by atoms with Crippen LogP contribution in [0.4, 0.5) is 11.9 Å². The monoisotopic (exact) mass is 300 g/mol. The van der Waals surface area contributed by atoms with Crippen LogP contribution < -0.4 is 10.2 Å². The smallest absolute Gasteiger partial charge is 0.241 e. The topological polar surface area (TPSA) is 83.5 Å². The Kier molecular flexibility index (Phi) is 4.91.